The molecule has 1 fully saturated rings. The molecule has 1 aliphatic rings. The number of β-amino-alcohol motifs (C(OH)–C–C–N with tert-alkyl or cyclic N) is 1. The Labute approximate surface area is 296 Å². The maximum Gasteiger partial charge on any atom is 0.416 e. The normalized spacial score (nSPS) is 18.2. The number of aliphatic hydroxyl groups is 1. The Bertz CT molecular complexity index is 1580. The number of halogens is 7. The number of carbonyl (C=O) groups is 1. The largest absolute Gasteiger partial charge is 0.416 e. The molecule has 1 amide bonds. The number of methoxy groups -OCH3 is 2. The summed E-state index contributed by atoms with van der Waals surface area (Å²) in [6.07, 6.45) is -8.40. The van der Waals surface area contributed by atoms with Gasteiger partial charge in [-0.1, -0.05) is 24.3 Å². The first-order valence-electron chi connectivity index (χ1n) is 16.4. The smallest absolute Gasteiger partial charge is 0.391 e. The molecule has 0 radical (unpaired) electrons. The molecule has 0 aliphatic carbocycles. The predicted octanol–water partition coefficient (Wildman–Crippen LogP) is 4.06. The van der Waals surface area contributed by atoms with Crippen molar-refractivity contribution >= 4 is 17.5 Å². The fraction of sp³-hybridized carbons (Fsp3) is 0.500. The van der Waals surface area contributed by atoms with Crippen LogP contribution < -0.4 is 21.3 Å². The minimum atomic E-state index is -4.49. The van der Waals surface area contributed by atoms with Crippen molar-refractivity contribution in [3.63, 3.8) is 0 Å². The number of aromatic nitrogens is 2. The molecule has 1 saturated heterocycles. The summed E-state index contributed by atoms with van der Waals surface area (Å²) in [5.41, 5.74) is 5.25. The number of likely N-dealkylation sites (tertiary alicyclic amines) is 1. The highest BCUT2D eigenvalue weighted by Crippen LogP contribution is 2.31. The molecule has 1 aliphatic heterocycles. The van der Waals surface area contributed by atoms with E-state index in [0.717, 1.165) is 30.6 Å². The third kappa shape index (κ3) is 11.0. The van der Waals surface area contributed by atoms with Gasteiger partial charge in [0.15, 0.2) is 11.6 Å². The summed E-state index contributed by atoms with van der Waals surface area (Å²) in [4.78, 5) is 24.0. The number of alkyl halides is 6. The van der Waals surface area contributed by atoms with Crippen molar-refractivity contribution < 1.29 is 50.1 Å². The van der Waals surface area contributed by atoms with E-state index in [-0.39, 0.29) is 63.5 Å². The summed E-state index contributed by atoms with van der Waals surface area (Å²) in [6.45, 7) is 1.03. The van der Waals surface area contributed by atoms with Gasteiger partial charge in [0.1, 0.15) is 12.4 Å². The second-order valence-corrected chi connectivity index (χ2v) is 12.4. The second kappa shape index (κ2) is 18.1. The van der Waals surface area contributed by atoms with Gasteiger partial charge >= 0.3 is 12.4 Å². The molecule has 286 valence electrons. The molecule has 5 N–H and O–H groups in total. The summed E-state index contributed by atoms with van der Waals surface area (Å²) in [5.74, 6) is -2.11. The third-order valence-corrected chi connectivity index (χ3v) is 8.84. The number of nitrogens with one attached hydrogen (secondary N) is 2. The van der Waals surface area contributed by atoms with Crippen LogP contribution in [0.2, 0.25) is 0 Å². The average molecular weight is 746 g/mol. The van der Waals surface area contributed by atoms with Crippen LogP contribution in [-0.2, 0) is 39.7 Å². The number of hydrogen-bond acceptors (Lipinski definition) is 10. The van der Waals surface area contributed by atoms with Gasteiger partial charge < -0.3 is 35.8 Å². The average Bonchev–Trinajstić information content (AvgIpc) is 3.09. The molecule has 18 heteroatoms. The number of amides is 1. The third-order valence-electron chi connectivity index (χ3n) is 8.84. The quantitative estimate of drug-likeness (QED) is 0.150. The lowest BCUT2D eigenvalue weighted by Crippen LogP contribution is -2.62. The van der Waals surface area contributed by atoms with E-state index in [2.05, 4.69) is 20.6 Å². The van der Waals surface area contributed by atoms with Gasteiger partial charge in [-0.25, -0.2) is 9.97 Å². The molecule has 1 aromatic heterocycles. The van der Waals surface area contributed by atoms with Crippen LogP contribution in [-0.4, -0.2) is 97.7 Å². The molecular weight excluding hydrogens is 703 g/mol. The first-order chi connectivity index (χ1) is 24.6. The van der Waals surface area contributed by atoms with Crippen LogP contribution in [0.4, 0.5) is 42.4 Å². The Balaban J connectivity index is 1.39. The summed E-state index contributed by atoms with van der Waals surface area (Å²) >= 11 is 0. The summed E-state index contributed by atoms with van der Waals surface area (Å²) in [6, 6.07) is 7.54. The van der Waals surface area contributed by atoms with Crippen molar-refractivity contribution in [3.05, 3.63) is 82.9 Å². The molecule has 2 heterocycles. The molecule has 0 bridgehead atoms. The van der Waals surface area contributed by atoms with Crippen molar-refractivity contribution in [2.45, 2.75) is 50.1 Å². The molecule has 4 rings (SSSR count). The van der Waals surface area contributed by atoms with Gasteiger partial charge in [-0.15, -0.1) is 0 Å². The van der Waals surface area contributed by atoms with Crippen LogP contribution in [0.25, 0.3) is 0 Å². The minimum absolute atomic E-state index is 0.0380. The van der Waals surface area contributed by atoms with Gasteiger partial charge in [-0.3, -0.25) is 9.69 Å². The molecule has 4 atom stereocenters. The second-order valence-electron chi connectivity index (χ2n) is 12.4. The van der Waals surface area contributed by atoms with Crippen molar-refractivity contribution in [1.82, 2.24) is 20.2 Å². The van der Waals surface area contributed by atoms with E-state index in [0.29, 0.717) is 24.1 Å². The number of hydrogen-bond donors (Lipinski definition) is 4. The predicted molar refractivity (Wildman–Crippen MR) is 177 cm³/mol. The summed E-state index contributed by atoms with van der Waals surface area (Å²) < 4.78 is 104. The molecule has 2 aromatic carbocycles. The van der Waals surface area contributed by atoms with Crippen molar-refractivity contribution in [1.29, 1.82) is 0 Å². The van der Waals surface area contributed by atoms with Crippen molar-refractivity contribution in [3.8, 4) is 0 Å². The highest BCUT2D eigenvalue weighted by Gasteiger charge is 2.38. The van der Waals surface area contributed by atoms with Crippen molar-refractivity contribution in [2.24, 2.45) is 11.7 Å². The monoisotopic (exact) mass is 745 g/mol. The van der Waals surface area contributed by atoms with Gasteiger partial charge in [-0.2, -0.15) is 30.7 Å². The number of rotatable bonds is 17. The zero-order valence-corrected chi connectivity index (χ0v) is 28.6. The molecule has 11 nitrogen and oxygen atoms in total. The fourth-order valence-corrected chi connectivity index (χ4v) is 6.04. The number of aliphatic hydroxyl groups excluding tert-OH is 1. The molecule has 0 spiro atoms. The standard InChI is InChI=1S/C34H42F7N7O4/c1-51-14-13-48(17-22-5-9-25(10-6-22)34(39,40)41)32-28(35)31(45-20-46-32)44-16-23-11-12-47(18-27(23)49)29(30(42)50)26(19-52-2)43-15-21-3-7-24(8-4-21)33(36,37)38/h3-10,20,23,26-27,29,43,49H,11-19H2,1-2H3,(H2,42,50)(H,44,45,46)/t23-,26?,27+,29?/m1/s1. The maximum absolute atomic E-state index is 15.8. The van der Waals surface area contributed by atoms with Gasteiger partial charge in [0.2, 0.25) is 11.7 Å². The lowest BCUT2D eigenvalue weighted by atomic mass is 9.91. The molecule has 0 saturated carbocycles. The van der Waals surface area contributed by atoms with E-state index in [4.69, 9.17) is 15.2 Å². The highest BCUT2D eigenvalue weighted by molar-refractivity contribution is 5.80. The number of anilines is 2. The number of nitrogens with two attached hydrogens (primary N) is 1. The van der Waals surface area contributed by atoms with Gasteiger partial charge in [0, 0.05) is 52.9 Å². The number of carbonyl (C=O) groups excluding carboxylic acids is 1. The van der Waals surface area contributed by atoms with E-state index < -0.39 is 53.4 Å². The Morgan fingerprint density at radius 1 is 1.00 bits per heavy atom. The van der Waals surface area contributed by atoms with Crippen LogP contribution in [0.5, 0.6) is 0 Å². The van der Waals surface area contributed by atoms with Crippen molar-refractivity contribution in [2.75, 3.05) is 63.8 Å². The summed E-state index contributed by atoms with van der Waals surface area (Å²) in [7, 11) is 2.89. The van der Waals surface area contributed by atoms with Crippen LogP contribution in [0.15, 0.2) is 54.9 Å². The zero-order valence-electron chi connectivity index (χ0n) is 28.6. The lowest BCUT2D eigenvalue weighted by molar-refractivity contribution is -0.138. The van der Waals surface area contributed by atoms with E-state index in [1.165, 1.54) is 43.4 Å². The fourth-order valence-electron chi connectivity index (χ4n) is 6.04. The first kappa shape index (κ1) is 40.7. The maximum atomic E-state index is 15.8. The minimum Gasteiger partial charge on any atom is -0.391 e. The number of nitrogens with zero attached hydrogens (tertiary/aromatic N) is 4. The van der Waals surface area contributed by atoms with E-state index in [9.17, 15) is 36.2 Å². The van der Waals surface area contributed by atoms with Crippen LogP contribution in [0.3, 0.4) is 0 Å². The highest BCUT2D eigenvalue weighted by atomic mass is 19.4. The number of primary amides is 1. The van der Waals surface area contributed by atoms with Gasteiger partial charge in [0.25, 0.3) is 0 Å². The number of benzene rings is 2. The van der Waals surface area contributed by atoms with Gasteiger partial charge in [-0.05, 0) is 48.4 Å². The Hall–Kier alpha value is -4.10. The van der Waals surface area contributed by atoms with E-state index in [1.54, 1.807) is 4.90 Å². The van der Waals surface area contributed by atoms with Gasteiger partial charge in [0.05, 0.1) is 36.5 Å². The van der Waals surface area contributed by atoms with E-state index >= 15 is 4.39 Å². The topological polar surface area (TPSA) is 138 Å². The molecule has 3 aromatic rings. The molecule has 52 heavy (non-hydrogen) atoms. The van der Waals surface area contributed by atoms with Crippen LogP contribution in [0, 0.1) is 11.7 Å². The lowest BCUT2D eigenvalue weighted by Gasteiger charge is -2.42. The Morgan fingerprint density at radius 3 is 2.15 bits per heavy atom. The van der Waals surface area contributed by atoms with Crippen LogP contribution >= 0.6 is 0 Å². The number of ether oxygens (including phenoxy) is 2. The Morgan fingerprint density at radius 2 is 1.62 bits per heavy atom. The van der Waals surface area contributed by atoms with Crippen LogP contribution in [0.1, 0.15) is 28.7 Å². The molecule has 2 unspecified atom stereocenters. The molecular formula is C34H42F7N7O4. The first-order valence-corrected chi connectivity index (χ1v) is 16.4. The SMILES string of the molecule is COCCN(Cc1ccc(C(F)(F)F)cc1)c1ncnc(NC[C@H]2CCN(C(C(N)=O)C(COC)NCc3ccc(C(F)(F)F)cc3)C[C@@H]2O)c1F. The Kier molecular flexibility index (Phi) is 14.1. The summed E-state index contributed by atoms with van der Waals surface area (Å²) in [5, 5.41) is 17.2. The van der Waals surface area contributed by atoms with E-state index in [1.807, 2.05) is 0 Å². The number of piperidine rings is 1. The zero-order chi connectivity index (χ0) is 38.1.